The van der Waals surface area contributed by atoms with Crippen LogP contribution in [-0.2, 0) is 24.2 Å². The van der Waals surface area contributed by atoms with Crippen molar-refractivity contribution >= 4 is 17.6 Å². The molecule has 8 nitrogen and oxygen atoms in total. The van der Waals surface area contributed by atoms with Gasteiger partial charge >= 0.3 is 6.03 Å². The lowest BCUT2D eigenvalue weighted by atomic mass is 10.0. The van der Waals surface area contributed by atoms with Crippen molar-refractivity contribution < 1.29 is 9.59 Å². The molecule has 154 valence electrons. The maximum absolute atomic E-state index is 11.4. The summed E-state index contributed by atoms with van der Waals surface area (Å²) in [7, 11) is 0. The van der Waals surface area contributed by atoms with Crippen LogP contribution in [0, 0.1) is 0 Å². The van der Waals surface area contributed by atoms with Gasteiger partial charge in [-0.2, -0.15) is 0 Å². The van der Waals surface area contributed by atoms with Gasteiger partial charge in [0.15, 0.2) is 0 Å². The Kier molecular flexibility index (Phi) is 6.66. The predicted octanol–water partition coefficient (Wildman–Crippen LogP) is 1.29. The number of primary amides is 1. The van der Waals surface area contributed by atoms with Gasteiger partial charge < -0.3 is 15.5 Å². The Bertz CT molecular complexity index is 847. The fourth-order valence-corrected chi connectivity index (χ4v) is 3.46. The molecule has 0 saturated carbocycles. The molecule has 1 aliphatic heterocycles. The predicted molar refractivity (Wildman–Crippen MR) is 112 cm³/mol. The van der Waals surface area contributed by atoms with Crippen molar-refractivity contribution in [1.82, 2.24) is 14.9 Å². The molecule has 1 saturated heterocycles. The van der Waals surface area contributed by atoms with Crippen LogP contribution in [-0.4, -0.2) is 53.0 Å². The fraction of sp³-hybridized carbons (Fsp3) is 0.381. The lowest BCUT2D eigenvalue weighted by molar-refractivity contribution is -0.129. The third kappa shape index (κ3) is 5.68. The number of carbonyl (C=O) groups is 2. The Morgan fingerprint density at radius 3 is 2.41 bits per heavy atom. The van der Waals surface area contributed by atoms with E-state index >= 15 is 0 Å². The van der Waals surface area contributed by atoms with Crippen molar-refractivity contribution in [3.05, 3.63) is 59.4 Å². The summed E-state index contributed by atoms with van der Waals surface area (Å²) in [6.45, 7) is 5.07. The molecular formula is C21H28N6O2. The SMILES string of the molecule is CC(=O)N1CCN(c2ccc(CCc3cccc(CN(N)C(N)=O)c3)nc2)CC1. The van der Waals surface area contributed by atoms with Gasteiger partial charge in [0.25, 0.3) is 0 Å². The first-order valence-electron chi connectivity index (χ1n) is 9.77. The van der Waals surface area contributed by atoms with Gasteiger partial charge in [0.05, 0.1) is 18.4 Å². The van der Waals surface area contributed by atoms with Crippen LogP contribution in [0.2, 0.25) is 0 Å². The van der Waals surface area contributed by atoms with Crippen molar-refractivity contribution in [3.63, 3.8) is 0 Å². The standard InChI is InChI=1S/C21H28N6O2/c1-16(28)25-9-11-26(12-10-25)20-8-7-19(24-14-20)6-5-17-3-2-4-18(13-17)15-27(23)21(22)29/h2-4,7-8,13-14H,5-6,9-12,15,23H2,1H3,(H2,22,29). The average molecular weight is 396 g/mol. The first kappa shape index (κ1) is 20.6. The number of nitrogens with two attached hydrogens (primary N) is 2. The summed E-state index contributed by atoms with van der Waals surface area (Å²) in [5, 5.41) is 0.996. The van der Waals surface area contributed by atoms with Crippen LogP contribution in [0.3, 0.4) is 0 Å². The molecule has 0 aliphatic carbocycles. The quantitative estimate of drug-likeness (QED) is 0.434. The van der Waals surface area contributed by atoms with Gasteiger partial charge in [-0.3, -0.25) is 14.8 Å². The number of hydrazine groups is 1. The number of hydrogen-bond acceptors (Lipinski definition) is 5. The van der Waals surface area contributed by atoms with E-state index in [-0.39, 0.29) is 12.5 Å². The molecular weight excluding hydrogens is 368 g/mol. The minimum Gasteiger partial charge on any atom is -0.367 e. The highest BCUT2D eigenvalue weighted by Crippen LogP contribution is 2.17. The second-order valence-electron chi connectivity index (χ2n) is 7.29. The van der Waals surface area contributed by atoms with Gasteiger partial charge in [-0.15, -0.1) is 0 Å². The third-order valence-electron chi connectivity index (χ3n) is 5.20. The zero-order chi connectivity index (χ0) is 20.8. The van der Waals surface area contributed by atoms with Crippen molar-refractivity contribution in [2.75, 3.05) is 31.1 Å². The summed E-state index contributed by atoms with van der Waals surface area (Å²) in [6, 6.07) is 11.5. The lowest BCUT2D eigenvalue weighted by Crippen LogP contribution is -2.48. The number of aryl methyl sites for hydroxylation is 2. The van der Waals surface area contributed by atoms with Gasteiger partial charge in [-0.1, -0.05) is 24.3 Å². The van der Waals surface area contributed by atoms with Gasteiger partial charge in [0, 0.05) is 38.8 Å². The Morgan fingerprint density at radius 1 is 1.07 bits per heavy atom. The molecule has 2 aromatic rings. The van der Waals surface area contributed by atoms with Gasteiger partial charge in [0.2, 0.25) is 5.91 Å². The molecule has 1 aliphatic rings. The Hall–Kier alpha value is -3.13. The number of piperazine rings is 1. The Balaban J connectivity index is 1.53. The highest BCUT2D eigenvalue weighted by Gasteiger charge is 2.18. The van der Waals surface area contributed by atoms with Gasteiger partial charge in [-0.25, -0.2) is 10.6 Å². The van der Waals surface area contributed by atoms with E-state index < -0.39 is 6.03 Å². The molecule has 29 heavy (non-hydrogen) atoms. The molecule has 4 N–H and O–H groups in total. The monoisotopic (exact) mass is 396 g/mol. The van der Waals surface area contributed by atoms with Crippen molar-refractivity contribution in [1.29, 1.82) is 0 Å². The number of pyridine rings is 1. The van der Waals surface area contributed by atoms with Crippen LogP contribution in [0.1, 0.15) is 23.7 Å². The molecule has 3 amide bonds. The smallest absolute Gasteiger partial charge is 0.329 e. The molecule has 0 bridgehead atoms. The van der Waals surface area contributed by atoms with Crippen LogP contribution >= 0.6 is 0 Å². The summed E-state index contributed by atoms with van der Waals surface area (Å²) in [5.74, 6) is 5.72. The van der Waals surface area contributed by atoms with Crippen LogP contribution in [0.15, 0.2) is 42.6 Å². The second kappa shape index (κ2) is 9.38. The largest absolute Gasteiger partial charge is 0.367 e. The number of nitrogens with zero attached hydrogens (tertiary/aromatic N) is 4. The van der Waals surface area contributed by atoms with Crippen molar-refractivity contribution in [3.8, 4) is 0 Å². The number of anilines is 1. The van der Waals surface area contributed by atoms with Crippen molar-refractivity contribution in [2.24, 2.45) is 11.6 Å². The number of aromatic nitrogens is 1. The van der Waals surface area contributed by atoms with E-state index in [4.69, 9.17) is 11.6 Å². The summed E-state index contributed by atoms with van der Waals surface area (Å²) >= 11 is 0. The average Bonchev–Trinajstić information content (AvgIpc) is 2.73. The minimum absolute atomic E-state index is 0.135. The van der Waals surface area contributed by atoms with E-state index in [9.17, 15) is 9.59 Å². The molecule has 1 aromatic carbocycles. The zero-order valence-corrected chi connectivity index (χ0v) is 16.8. The number of rotatable bonds is 6. The number of amides is 3. The highest BCUT2D eigenvalue weighted by molar-refractivity contribution is 5.73. The molecule has 2 heterocycles. The molecule has 0 spiro atoms. The Morgan fingerprint density at radius 2 is 1.79 bits per heavy atom. The van der Waals surface area contributed by atoms with Crippen LogP contribution in [0.4, 0.5) is 10.5 Å². The lowest BCUT2D eigenvalue weighted by Gasteiger charge is -2.35. The maximum atomic E-state index is 11.4. The molecule has 8 heteroatoms. The molecule has 0 atom stereocenters. The molecule has 3 rings (SSSR count). The van der Waals surface area contributed by atoms with Gasteiger partial charge in [-0.05, 0) is 36.1 Å². The third-order valence-corrected chi connectivity index (χ3v) is 5.20. The first-order valence-corrected chi connectivity index (χ1v) is 9.77. The van der Waals surface area contributed by atoms with E-state index in [1.165, 1.54) is 0 Å². The molecule has 0 unspecified atom stereocenters. The summed E-state index contributed by atoms with van der Waals surface area (Å²) in [5.41, 5.74) is 9.39. The number of benzene rings is 1. The molecule has 0 radical (unpaired) electrons. The highest BCUT2D eigenvalue weighted by atomic mass is 16.2. The minimum atomic E-state index is -0.651. The summed E-state index contributed by atoms with van der Waals surface area (Å²) in [6.07, 6.45) is 3.58. The van der Waals surface area contributed by atoms with Gasteiger partial charge in [0.1, 0.15) is 0 Å². The van der Waals surface area contributed by atoms with E-state index in [1.54, 1.807) is 6.92 Å². The van der Waals surface area contributed by atoms with E-state index in [0.29, 0.717) is 0 Å². The van der Waals surface area contributed by atoms with E-state index in [0.717, 1.165) is 66.5 Å². The Labute approximate surface area is 171 Å². The first-order chi connectivity index (χ1) is 13.9. The van der Waals surface area contributed by atoms with Crippen LogP contribution in [0.5, 0.6) is 0 Å². The van der Waals surface area contributed by atoms with Crippen LogP contribution in [0.25, 0.3) is 0 Å². The summed E-state index contributed by atoms with van der Waals surface area (Å²) in [4.78, 5) is 31.3. The second-order valence-corrected chi connectivity index (χ2v) is 7.29. The number of carbonyl (C=O) groups excluding carboxylic acids is 2. The zero-order valence-electron chi connectivity index (χ0n) is 16.8. The maximum Gasteiger partial charge on any atom is 0.329 e. The topological polar surface area (TPSA) is 109 Å². The van der Waals surface area contributed by atoms with Crippen molar-refractivity contribution in [2.45, 2.75) is 26.3 Å². The summed E-state index contributed by atoms with van der Waals surface area (Å²) < 4.78 is 0. The number of hydrogen-bond donors (Lipinski definition) is 2. The normalized spacial score (nSPS) is 14.0. The van der Waals surface area contributed by atoms with E-state index in [2.05, 4.69) is 28.1 Å². The molecule has 1 fully saturated rings. The van der Waals surface area contributed by atoms with Crippen LogP contribution < -0.4 is 16.5 Å². The molecule has 1 aromatic heterocycles. The fourth-order valence-electron chi connectivity index (χ4n) is 3.46. The van der Waals surface area contributed by atoms with E-state index in [1.807, 2.05) is 29.3 Å². The number of urea groups is 1.